The van der Waals surface area contributed by atoms with Crippen molar-refractivity contribution in [3.63, 3.8) is 0 Å². The van der Waals surface area contributed by atoms with Crippen molar-refractivity contribution >= 4 is 37.8 Å². The van der Waals surface area contributed by atoms with Gasteiger partial charge in [0.2, 0.25) is 0 Å². The molecule has 2 nitrogen and oxygen atoms in total. The van der Waals surface area contributed by atoms with Crippen LogP contribution in [0.1, 0.15) is 37.0 Å². The standard InChI is InChI=1S/C12H15Br2NO/c1-3-9(4-2)15-12(16)10-6-5-8(13)7-11(10)14/h5-7,9H,3-4H2,1-2H3,(H,15,16). The molecule has 4 heteroatoms. The average molecular weight is 349 g/mol. The summed E-state index contributed by atoms with van der Waals surface area (Å²) in [7, 11) is 0. The fraction of sp³-hybridized carbons (Fsp3) is 0.417. The zero-order valence-electron chi connectivity index (χ0n) is 9.39. The van der Waals surface area contributed by atoms with Crippen molar-refractivity contribution in [1.82, 2.24) is 5.32 Å². The van der Waals surface area contributed by atoms with Crippen LogP contribution < -0.4 is 5.32 Å². The van der Waals surface area contributed by atoms with Crippen LogP contribution in [-0.2, 0) is 0 Å². The maximum Gasteiger partial charge on any atom is 0.252 e. The molecule has 0 aliphatic heterocycles. The molecule has 0 radical (unpaired) electrons. The minimum Gasteiger partial charge on any atom is -0.349 e. The van der Waals surface area contributed by atoms with Crippen LogP contribution >= 0.6 is 31.9 Å². The van der Waals surface area contributed by atoms with Crippen LogP contribution in [0.15, 0.2) is 27.1 Å². The summed E-state index contributed by atoms with van der Waals surface area (Å²) < 4.78 is 1.77. The molecule has 1 aromatic rings. The third-order valence-corrected chi connectivity index (χ3v) is 3.65. The largest absolute Gasteiger partial charge is 0.349 e. The molecule has 88 valence electrons. The summed E-state index contributed by atoms with van der Waals surface area (Å²) in [5.74, 6) is -0.0203. The van der Waals surface area contributed by atoms with Crippen molar-refractivity contribution in [2.45, 2.75) is 32.7 Å². The highest BCUT2D eigenvalue weighted by Gasteiger charge is 2.13. The second-order valence-electron chi connectivity index (χ2n) is 3.61. The predicted molar refractivity (Wildman–Crippen MR) is 73.7 cm³/mol. The van der Waals surface area contributed by atoms with Crippen molar-refractivity contribution in [2.24, 2.45) is 0 Å². The van der Waals surface area contributed by atoms with Gasteiger partial charge >= 0.3 is 0 Å². The second kappa shape index (κ2) is 6.40. The van der Waals surface area contributed by atoms with Gasteiger partial charge in [0.25, 0.3) is 5.91 Å². The van der Waals surface area contributed by atoms with E-state index in [0.29, 0.717) is 5.56 Å². The van der Waals surface area contributed by atoms with Crippen LogP contribution in [0.2, 0.25) is 0 Å². The van der Waals surface area contributed by atoms with Gasteiger partial charge in [0.1, 0.15) is 0 Å². The zero-order valence-corrected chi connectivity index (χ0v) is 12.6. The van der Waals surface area contributed by atoms with E-state index in [1.165, 1.54) is 0 Å². The summed E-state index contributed by atoms with van der Waals surface area (Å²) in [6, 6.07) is 5.81. The molecule has 16 heavy (non-hydrogen) atoms. The topological polar surface area (TPSA) is 29.1 Å². The lowest BCUT2D eigenvalue weighted by Gasteiger charge is -2.15. The Kier molecular flexibility index (Phi) is 5.49. The zero-order chi connectivity index (χ0) is 12.1. The fourth-order valence-corrected chi connectivity index (χ4v) is 2.66. The minimum absolute atomic E-state index is 0.0203. The molecule has 0 aromatic heterocycles. The highest BCUT2D eigenvalue weighted by molar-refractivity contribution is 9.11. The van der Waals surface area contributed by atoms with E-state index in [1.54, 1.807) is 0 Å². The Labute approximate surface area is 113 Å². The quantitative estimate of drug-likeness (QED) is 0.870. The van der Waals surface area contributed by atoms with E-state index in [-0.39, 0.29) is 11.9 Å². The van der Waals surface area contributed by atoms with Gasteiger partial charge in [-0.15, -0.1) is 0 Å². The van der Waals surface area contributed by atoms with Gasteiger partial charge in [-0.2, -0.15) is 0 Å². The van der Waals surface area contributed by atoms with E-state index in [9.17, 15) is 4.79 Å². The van der Waals surface area contributed by atoms with Gasteiger partial charge in [0.05, 0.1) is 5.56 Å². The molecule has 0 atom stereocenters. The molecule has 0 saturated carbocycles. The Hall–Kier alpha value is -0.350. The van der Waals surface area contributed by atoms with E-state index in [4.69, 9.17) is 0 Å². The Morgan fingerprint density at radius 3 is 2.44 bits per heavy atom. The molecule has 0 unspecified atom stereocenters. The Morgan fingerprint density at radius 2 is 1.94 bits per heavy atom. The lowest BCUT2D eigenvalue weighted by atomic mass is 10.1. The van der Waals surface area contributed by atoms with Crippen molar-refractivity contribution in [2.75, 3.05) is 0 Å². The van der Waals surface area contributed by atoms with Gasteiger partial charge in [-0.05, 0) is 47.0 Å². The van der Waals surface area contributed by atoms with Gasteiger partial charge in [0.15, 0.2) is 0 Å². The number of amides is 1. The van der Waals surface area contributed by atoms with Crippen LogP contribution in [0.3, 0.4) is 0 Å². The maximum absolute atomic E-state index is 11.9. The first-order chi connectivity index (χ1) is 7.58. The number of carbonyl (C=O) groups excluding carboxylic acids is 1. The molecule has 1 rings (SSSR count). The first kappa shape index (κ1) is 13.7. The predicted octanol–water partition coefficient (Wildman–Crippen LogP) is 4.13. The number of carbonyl (C=O) groups is 1. The van der Waals surface area contributed by atoms with E-state index >= 15 is 0 Å². The Morgan fingerprint density at radius 1 is 1.31 bits per heavy atom. The molecule has 1 aromatic carbocycles. The van der Waals surface area contributed by atoms with Gasteiger partial charge in [-0.1, -0.05) is 29.8 Å². The highest BCUT2D eigenvalue weighted by Crippen LogP contribution is 2.22. The summed E-state index contributed by atoms with van der Waals surface area (Å²) in [6.45, 7) is 4.15. The average Bonchev–Trinajstić information content (AvgIpc) is 2.25. The van der Waals surface area contributed by atoms with Gasteiger partial charge in [0, 0.05) is 15.0 Å². The number of hydrogen-bond acceptors (Lipinski definition) is 1. The van der Waals surface area contributed by atoms with Gasteiger partial charge in [-0.3, -0.25) is 4.79 Å². The molecule has 0 aliphatic rings. The molecule has 0 aliphatic carbocycles. The normalized spacial score (nSPS) is 10.6. The summed E-state index contributed by atoms with van der Waals surface area (Å²) in [5, 5.41) is 3.01. The molecule has 1 N–H and O–H groups in total. The fourth-order valence-electron chi connectivity index (χ4n) is 1.43. The molecule has 0 fully saturated rings. The third kappa shape index (κ3) is 3.59. The van der Waals surface area contributed by atoms with Crippen molar-refractivity contribution in [3.8, 4) is 0 Å². The SMILES string of the molecule is CCC(CC)NC(=O)c1ccc(Br)cc1Br. The number of halogens is 2. The summed E-state index contributed by atoms with van der Waals surface area (Å²) >= 11 is 6.75. The first-order valence-corrected chi connectivity index (χ1v) is 6.93. The van der Waals surface area contributed by atoms with E-state index in [0.717, 1.165) is 21.8 Å². The summed E-state index contributed by atoms with van der Waals surface area (Å²) in [4.78, 5) is 11.9. The molecule has 0 bridgehead atoms. The molecular formula is C12H15Br2NO. The Bertz CT molecular complexity index is 375. The summed E-state index contributed by atoms with van der Waals surface area (Å²) in [5.41, 5.74) is 0.676. The Balaban J connectivity index is 2.80. The second-order valence-corrected chi connectivity index (χ2v) is 5.38. The van der Waals surface area contributed by atoms with Crippen molar-refractivity contribution in [3.05, 3.63) is 32.7 Å². The van der Waals surface area contributed by atoms with Crippen LogP contribution in [-0.4, -0.2) is 11.9 Å². The summed E-state index contributed by atoms with van der Waals surface area (Å²) in [6.07, 6.45) is 1.91. The van der Waals surface area contributed by atoms with E-state index < -0.39 is 0 Å². The van der Waals surface area contributed by atoms with Gasteiger partial charge in [-0.25, -0.2) is 0 Å². The number of hydrogen-bond donors (Lipinski definition) is 1. The smallest absolute Gasteiger partial charge is 0.252 e. The molecular weight excluding hydrogens is 334 g/mol. The van der Waals surface area contributed by atoms with E-state index in [2.05, 4.69) is 51.0 Å². The lowest BCUT2D eigenvalue weighted by Crippen LogP contribution is -2.33. The minimum atomic E-state index is -0.0203. The van der Waals surface area contributed by atoms with Crippen molar-refractivity contribution in [1.29, 1.82) is 0 Å². The van der Waals surface area contributed by atoms with E-state index in [1.807, 2.05) is 18.2 Å². The van der Waals surface area contributed by atoms with Crippen LogP contribution in [0.25, 0.3) is 0 Å². The molecule has 1 amide bonds. The highest BCUT2D eigenvalue weighted by atomic mass is 79.9. The van der Waals surface area contributed by atoms with Crippen LogP contribution in [0, 0.1) is 0 Å². The lowest BCUT2D eigenvalue weighted by molar-refractivity contribution is 0.0934. The van der Waals surface area contributed by atoms with Gasteiger partial charge < -0.3 is 5.32 Å². The van der Waals surface area contributed by atoms with Crippen LogP contribution in [0.5, 0.6) is 0 Å². The number of rotatable bonds is 4. The molecule has 0 saturated heterocycles. The monoisotopic (exact) mass is 347 g/mol. The third-order valence-electron chi connectivity index (χ3n) is 2.50. The first-order valence-electron chi connectivity index (χ1n) is 5.34. The number of nitrogens with one attached hydrogen (secondary N) is 1. The molecule has 0 spiro atoms. The number of benzene rings is 1. The molecule has 0 heterocycles. The van der Waals surface area contributed by atoms with Crippen LogP contribution in [0.4, 0.5) is 0 Å². The van der Waals surface area contributed by atoms with Crippen molar-refractivity contribution < 1.29 is 4.79 Å². The maximum atomic E-state index is 11.9.